The summed E-state index contributed by atoms with van der Waals surface area (Å²) in [6.45, 7) is 0.840. The van der Waals surface area contributed by atoms with E-state index in [2.05, 4.69) is 11.9 Å². The van der Waals surface area contributed by atoms with Gasteiger partial charge in [0.25, 0.3) is 0 Å². The highest BCUT2D eigenvalue weighted by Crippen LogP contribution is 2.57. The fourth-order valence-electron chi connectivity index (χ4n) is 6.64. The summed E-state index contributed by atoms with van der Waals surface area (Å²) < 4.78 is 0. The van der Waals surface area contributed by atoms with Crippen LogP contribution in [0.1, 0.15) is 64.2 Å². The molecule has 0 aliphatic heterocycles. The second kappa shape index (κ2) is 5.75. The van der Waals surface area contributed by atoms with Crippen molar-refractivity contribution in [3.8, 4) is 0 Å². The molecule has 0 amide bonds. The van der Waals surface area contributed by atoms with Crippen molar-refractivity contribution in [1.82, 2.24) is 4.90 Å². The molecule has 5 rings (SSSR count). The molecule has 3 nitrogen and oxygen atoms in total. The van der Waals surface area contributed by atoms with E-state index in [0.717, 1.165) is 50.0 Å². The Morgan fingerprint density at radius 1 is 0.955 bits per heavy atom. The van der Waals surface area contributed by atoms with E-state index in [1.165, 1.54) is 38.5 Å². The zero-order valence-corrected chi connectivity index (χ0v) is 14.1. The van der Waals surface area contributed by atoms with Gasteiger partial charge in [0.15, 0.2) is 0 Å². The fourth-order valence-corrected chi connectivity index (χ4v) is 6.64. The lowest BCUT2D eigenvalue weighted by molar-refractivity contribution is -0.0952. The van der Waals surface area contributed by atoms with Crippen molar-refractivity contribution in [2.75, 3.05) is 13.6 Å². The first kappa shape index (κ1) is 15.4. The average molecular weight is 307 g/mol. The van der Waals surface area contributed by atoms with Crippen molar-refractivity contribution in [2.45, 2.75) is 82.0 Å². The van der Waals surface area contributed by atoms with E-state index in [1.807, 2.05) is 0 Å². The molecule has 22 heavy (non-hydrogen) atoms. The van der Waals surface area contributed by atoms with Crippen molar-refractivity contribution >= 4 is 0 Å². The molecule has 126 valence electrons. The minimum Gasteiger partial charge on any atom is -0.393 e. The van der Waals surface area contributed by atoms with Crippen molar-refractivity contribution in [3.05, 3.63) is 0 Å². The number of β-amino-alcohol motifs (C(OH)–C–C–N with tert-alkyl or cyclic N) is 1. The molecule has 5 saturated carbocycles. The molecule has 0 saturated heterocycles. The molecule has 1 atom stereocenters. The molecule has 0 aromatic heterocycles. The van der Waals surface area contributed by atoms with E-state index in [-0.39, 0.29) is 12.2 Å². The van der Waals surface area contributed by atoms with Crippen LogP contribution in [0.5, 0.6) is 0 Å². The number of hydrogen-bond acceptors (Lipinski definition) is 3. The molecule has 5 aliphatic rings. The van der Waals surface area contributed by atoms with Crippen LogP contribution in [0.15, 0.2) is 0 Å². The maximum atomic E-state index is 10.7. The molecule has 0 aromatic rings. The summed E-state index contributed by atoms with van der Waals surface area (Å²) >= 11 is 0. The Bertz CT molecular complexity index is 367. The number of aliphatic hydroxyl groups is 2. The van der Waals surface area contributed by atoms with Gasteiger partial charge < -0.3 is 10.2 Å². The Morgan fingerprint density at radius 2 is 1.45 bits per heavy atom. The van der Waals surface area contributed by atoms with Crippen molar-refractivity contribution in [2.24, 2.45) is 23.7 Å². The zero-order chi connectivity index (χ0) is 15.3. The maximum Gasteiger partial charge on any atom is 0.0695 e. The molecule has 0 radical (unpaired) electrons. The van der Waals surface area contributed by atoms with Gasteiger partial charge in [-0.2, -0.15) is 0 Å². The lowest BCUT2D eigenvalue weighted by Crippen LogP contribution is -2.60. The summed E-state index contributed by atoms with van der Waals surface area (Å²) in [6, 6.07) is 0. The molecule has 2 N–H and O–H groups in total. The third-order valence-electron chi connectivity index (χ3n) is 7.56. The molecule has 4 bridgehead atoms. The fraction of sp³-hybridized carbons (Fsp3) is 1.00. The highest BCUT2D eigenvalue weighted by Gasteiger charge is 2.52. The quantitative estimate of drug-likeness (QED) is 0.839. The number of hydrogen-bond donors (Lipinski definition) is 2. The first-order valence-electron chi connectivity index (χ1n) is 9.61. The van der Waals surface area contributed by atoms with Crippen LogP contribution in [0.25, 0.3) is 0 Å². The molecule has 5 fully saturated rings. The van der Waals surface area contributed by atoms with Gasteiger partial charge in [0.05, 0.1) is 12.2 Å². The van der Waals surface area contributed by atoms with Gasteiger partial charge >= 0.3 is 0 Å². The average Bonchev–Trinajstić information content (AvgIpc) is 2.46. The van der Waals surface area contributed by atoms with E-state index in [1.54, 1.807) is 0 Å². The Hall–Kier alpha value is -0.120. The van der Waals surface area contributed by atoms with Crippen molar-refractivity contribution in [3.63, 3.8) is 0 Å². The van der Waals surface area contributed by atoms with Gasteiger partial charge in [-0.05, 0) is 94.9 Å². The molecule has 1 unspecified atom stereocenters. The highest BCUT2D eigenvalue weighted by molar-refractivity contribution is 5.07. The number of rotatable bonds is 4. The zero-order valence-electron chi connectivity index (χ0n) is 14.1. The van der Waals surface area contributed by atoms with Crippen LogP contribution in [0.3, 0.4) is 0 Å². The lowest BCUT2D eigenvalue weighted by Gasteiger charge is -2.60. The van der Waals surface area contributed by atoms with Gasteiger partial charge in [-0.25, -0.2) is 0 Å². The first-order valence-corrected chi connectivity index (χ1v) is 9.61. The third-order valence-corrected chi connectivity index (χ3v) is 7.56. The van der Waals surface area contributed by atoms with E-state index in [4.69, 9.17) is 0 Å². The van der Waals surface area contributed by atoms with Gasteiger partial charge in [-0.15, -0.1) is 0 Å². The number of aliphatic hydroxyl groups excluding tert-OH is 2. The molecular weight excluding hydrogens is 274 g/mol. The summed E-state index contributed by atoms with van der Waals surface area (Å²) in [5, 5.41) is 20.4. The highest BCUT2D eigenvalue weighted by atomic mass is 16.3. The summed E-state index contributed by atoms with van der Waals surface area (Å²) in [7, 11) is 2.27. The van der Waals surface area contributed by atoms with Gasteiger partial charge in [0.1, 0.15) is 0 Å². The SMILES string of the molecule is CN(CC(O)C1CCC(O)CC1)C12CC3CC(CC(C3)C1)C2. The van der Waals surface area contributed by atoms with Crippen LogP contribution >= 0.6 is 0 Å². The molecule has 0 spiro atoms. The third kappa shape index (κ3) is 2.74. The second-order valence-electron chi connectivity index (χ2n) is 9.16. The summed E-state index contributed by atoms with van der Waals surface area (Å²) in [6.07, 6.45) is 12.0. The van der Waals surface area contributed by atoms with Gasteiger partial charge in [-0.3, -0.25) is 4.90 Å². The van der Waals surface area contributed by atoms with Gasteiger partial charge in [-0.1, -0.05) is 0 Å². The molecule has 3 heteroatoms. The second-order valence-corrected chi connectivity index (χ2v) is 9.16. The predicted octanol–water partition coefficient (Wildman–Crippen LogP) is 2.80. The molecule has 0 aromatic carbocycles. The lowest BCUT2D eigenvalue weighted by atomic mass is 9.52. The van der Waals surface area contributed by atoms with E-state index in [9.17, 15) is 10.2 Å². The maximum absolute atomic E-state index is 10.7. The smallest absolute Gasteiger partial charge is 0.0695 e. The van der Waals surface area contributed by atoms with Crippen molar-refractivity contribution in [1.29, 1.82) is 0 Å². The minimum atomic E-state index is -0.203. The van der Waals surface area contributed by atoms with Crippen LogP contribution in [-0.2, 0) is 0 Å². The summed E-state index contributed by atoms with van der Waals surface area (Å²) in [5.41, 5.74) is 0.407. The molecule has 5 aliphatic carbocycles. The van der Waals surface area contributed by atoms with Crippen LogP contribution in [0.2, 0.25) is 0 Å². The van der Waals surface area contributed by atoms with Gasteiger partial charge in [0, 0.05) is 12.1 Å². The Kier molecular flexibility index (Phi) is 4.03. The van der Waals surface area contributed by atoms with E-state index < -0.39 is 0 Å². The largest absolute Gasteiger partial charge is 0.393 e. The van der Waals surface area contributed by atoms with E-state index >= 15 is 0 Å². The van der Waals surface area contributed by atoms with Crippen LogP contribution in [-0.4, -0.2) is 46.5 Å². The first-order chi connectivity index (χ1) is 10.5. The Morgan fingerprint density at radius 3 is 1.95 bits per heavy atom. The van der Waals surface area contributed by atoms with E-state index in [0.29, 0.717) is 11.5 Å². The topological polar surface area (TPSA) is 43.7 Å². The standard InChI is InChI=1S/C19H33NO2/c1-20(12-18(22)16-2-4-17(21)5-3-16)19-9-13-6-14(10-19)8-15(7-13)11-19/h13-18,21-22H,2-12H2,1H3. The Balaban J connectivity index is 1.38. The number of likely N-dealkylation sites (N-methyl/N-ethyl adjacent to an activating group) is 1. The van der Waals surface area contributed by atoms with Crippen molar-refractivity contribution < 1.29 is 10.2 Å². The van der Waals surface area contributed by atoms with Crippen LogP contribution in [0.4, 0.5) is 0 Å². The monoisotopic (exact) mass is 307 g/mol. The normalized spacial score (nSPS) is 48.8. The predicted molar refractivity (Wildman–Crippen MR) is 87.5 cm³/mol. The Labute approximate surface area is 135 Å². The summed E-state index contributed by atoms with van der Waals surface area (Å²) in [5.74, 6) is 3.31. The minimum absolute atomic E-state index is 0.121. The summed E-state index contributed by atoms with van der Waals surface area (Å²) in [4.78, 5) is 2.55. The molecular formula is C19H33NO2. The van der Waals surface area contributed by atoms with Crippen LogP contribution < -0.4 is 0 Å². The van der Waals surface area contributed by atoms with Gasteiger partial charge in [0.2, 0.25) is 0 Å². The van der Waals surface area contributed by atoms with Crippen LogP contribution in [0, 0.1) is 23.7 Å². The number of nitrogens with zero attached hydrogens (tertiary/aromatic N) is 1. The molecule has 0 heterocycles.